The van der Waals surface area contributed by atoms with E-state index >= 15 is 0 Å². The lowest BCUT2D eigenvalue weighted by Crippen LogP contribution is -2.50. The number of fused-ring (bicyclic) bond motifs is 1. The van der Waals surface area contributed by atoms with E-state index in [1.165, 1.54) is 7.11 Å². The number of ether oxygens (including phenoxy) is 4. The second-order valence-electron chi connectivity index (χ2n) is 5.06. The number of methoxy groups -OCH3 is 1. The number of rotatable bonds is 4. The van der Waals surface area contributed by atoms with Gasteiger partial charge in [0.05, 0.1) is 7.11 Å². The minimum Gasteiger partial charge on any atom is -0.462 e. The number of carbonyl (C=O) groups is 1. The van der Waals surface area contributed by atoms with Crippen molar-refractivity contribution in [1.82, 2.24) is 5.32 Å². The van der Waals surface area contributed by atoms with Crippen molar-refractivity contribution in [2.75, 3.05) is 7.11 Å². The van der Waals surface area contributed by atoms with E-state index in [2.05, 4.69) is 10.1 Å². The maximum atomic E-state index is 11.0. The van der Waals surface area contributed by atoms with Gasteiger partial charge in [0.2, 0.25) is 6.29 Å². The van der Waals surface area contributed by atoms with Crippen molar-refractivity contribution in [2.45, 2.75) is 37.4 Å². The monoisotopic (exact) mass is 311 g/mol. The summed E-state index contributed by atoms with van der Waals surface area (Å²) in [7, 11) is 1.30. The molecular formula is C14H17NO7. The topological polar surface area (TPSA) is 110 Å². The molecule has 22 heavy (non-hydrogen) atoms. The molecule has 0 aromatic heterocycles. The van der Waals surface area contributed by atoms with E-state index < -0.39 is 37.0 Å². The first kappa shape index (κ1) is 15.0. The van der Waals surface area contributed by atoms with Gasteiger partial charge in [-0.2, -0.15) is 0 Å². The fraction of sp³-hybridized carbons (Fsp3) is 0.500. The smallest absolute Gasteiger partial charge is 0.407 e. The number of hydrogen-bond donors (Lipinski definition) is 3. The van der Waals surface area contributed by atoms with Crippen LogP contribution in [0.4, 0.5) is 4.79 Å². The van der Waals surface area contributed by atoms with E-state index in [1.54, 1.807) is 24.3 Å². The molecule has 3 N–H and O–H groups in total. The van der Waals surface area contributed by atoms with Gasteiger partial charge in [-0.05, 0) is 17.7 Å². The molecule has 8 heteroatoms. The van der Waals surface area contributed by atoms with Crippen molar-refractivity contribution in [1.29, 1.82) is 0 Å². The fourth-order valence-electron chi connectivity index (χ4n) is 2.19. The Labute approximate surface area is 126 Å². The van der Waals surface area contributed by atoms with Gasteiger partial charge >= 0.3 is 6.09 Å². The van der Waals surface area contributed by atoms with E-state index in [1.807, 2.05) is 0 Å². The lowest BCUT2D eigenvalue weighted by molar-refractivity contribution is -0.207. The molecule has 0 radical (unpaired) electrons. The number of amides is 1. The Morgan fingerprint density at radius 2 is 1.95 bits per heavy atom. The Morgan fingerprint density at radius 1 is 1.23 bits per heavy atom. The summed E-state index contributed by atoms with van der Waals surface area (Å²) in [6.45, 7) is 0.325. The summed E-state index contributed by atoms with van der Waals surface area (Å²) in [5.74, 6) is 0.470. The van der Waals surface area contributed by atoms with Crippen molar-refractivity contribution in [2.24, 2.45) is 0 Å². The number of alkyl carbamates (subject to hydrolysis) is 1. The summed E-state index contributed by atoms with van der Waals surface area (Å²) in [5, 5.41) is 22.2. The average Bonchev–Trinajstić information content (AvgIpc) is 3.31. The molecule has 120 valence electrons. The van der Waals surface area contributed by atoms with E-state index in [0.29, 0.717) is 12.3 Å². The molecule has 2 fully saturated rings. The molecule has 1 aromatic carbocycles. The molecule has 0 aliphatic carbocycles. The molecule has 2 heterocycles. The highest BCUT2D eigenvalue weighted by Gasteiger charge is 2.57. The summed E-state index contributed by atoms with van der Waals surface area (Å²) in [6.07, 6.45) is -4.69. The first-order chi connectivity index (χ1) is 10.6. The van der Waals surface area contributed by atoms with Crippen LogP contribution < -0.4 is 10.1 Å². The van der Waals surface area contributed by atoms with Crippen molar-refractivity contribution in [3.05, 3.63) is 29.8 Å². The lowest BCUT2D eigenvalue weighted by atomic mass is 10.1. The Bertz CT molecular complexity index is 534. The fourth-order valence-corrected chi connectivity index (χ4v) is 2.19. The van der Waals surface area contributed by atoms with Gasteiger partial charge in [-0.1, -0.05) is 12.1 Å². The molecule has 2 aliphatic heterocycles. The van der Waals surface area contributed by atoms with E-state index in [-0.39, 0.29) is 0 Å². The van der Waals surface area contributed by atoms with Crippen molar-refractivity contribution < 1.29 is 34.0 Å². The van der Waals surface area contributed by atoms with Gasteiger partial charge in [0.25, 0.3) is 0 Å². The number of aliphatic hydroxyl groups is 2. The van der Waals surface area contributed by atoms with Crippen LogP contribution in [0.2, 0.25) is 0 Å². The number of hydrogen-bond acceptors (Lipinski definition) is 7. The molecule has 5 atom stereocenters. The van der Waals surface area contributed by atoms with Crippen molar-refractivity contribution in [3.63, 3.8) is 0 Å². The standard InChI is InChI=1S/C14H17NO7/c1-19-14(18)15-6-7-2-4-8(5-3-7)20-12-10(17)9(16)11-13(21-11)22-12/h2-5,9-13,16-17H,6H2,1H3,(H,15,18)/t9?,10?,11-,12-,13?/m1/s1. The van der Waals surface area contributed by atoms with Gasteiger partial charge in [0.1, 0.15) is 24.1 Å². The second-order valence-corrected chi connectivity index (χ2v) is 5.06. The Morgan fingerprint density at radius 3 is 2.64 bits per heavy atom. The van der Waals surface area contributed by atoms with Crippen LogP contribution in [-0.4, -0.2) is 54.3 Å². The normalized spacial score (nSPS) is 32.8. The molecule has 8 nitrogen and oxygen atoms in total. The predicted molar refractivity (Wildman–Crippen MR) is 71.9 cm³/mol. The van der Waals surface area contributed by atoms with Gasteiger partial charge in [0, 0.05) is 6.54 Å². The first-order valence-electron chi connectivity index (χ1n) is 6.83. The van der Waals surface area contributed by atoms with E-state index in [9.17, 15) is 15.0 Å². The third-order valence-electron chi connectivity index (χ3n) is 3.51. The van der Waals surface area contributed by atoms with Gasteiger partial charge < -0.3 is 34.5 Å². The minimum atomic E-state index is -1.18. The molecule has 2 aliphatic rings. The van der Waals surface area contributed by atoms with Crippen molar-refractivity contribution >= 4 is 6.09 Å². The van der Waals surface area contributed by atoms with Crippen LogP contribution in [-0.2, 0) is 20.8 Å². The SMILES string of the molecule is COC(=O)NCc1ccc(O[C@@H]2OC3O[C@@H]3C(O)C2O)cc1. The average molecular weight is 311 g/mol. The highest BCUT2D eigenvalue weighted by Crippen LogP contribution is 2.36. The molecular weight excluding hydrogens is 294 g/mol. The van der Waals surface area contributed by atoms with Crippen LogP contribution in [0.25, 0.3) is 0 Å². The summed E-state index contributed by atoms with van der Waals surface area (Å²) >= 11 is 0. The molecule has 0 spiro atoms. The molecule has 0 saturated carbocycles. The van der Waals surface area contributed by atoms with Crippen molar-refractivity contribution in [3.8, 4) is 5.75 Å². The summed E-state index contributed by atoms with van der Waals surface area (Å²) in [6, 6.07) is 6.87. The number of carbonyl (C=O) groups excluding carboxylic acids is 1. The number of benzene rings is 1. The molecule has 2 saturated heterocycles. The Hall–Kier alpha value is -1.87. The minimum absolute atomic E-state index is 0.325. The highest BCUT2D eigenvalue weighted by molar-refractivity contribution is 5.66. The van der Waals surface area contributed by atoms with E-state index in [4.69, 9.17) is 14.2 Å². The summed E-state index contributed by atoms with van der Waals surface area (Å²) < 4.78 is 20.4. The first-order valence-corrected chi connectivity index (χ1v) is 6.83. The quantitative estimate of drug-likeness (QED) is 0.656. The van der Waals surface area contributed by atoms with E-state index in [0.717, 1.165) is 5.56 Å². The number of epoxide rings is 1. The summed E-state index contributed by atoms with van der Waals surface area (Å²) in [4.78, 5) is 11.0. The predicted octanol–water partition coefficient (Wildman–Crippen LogP) is -0.276. The molecule has 3 unspecified atom stereocenters. The van der Waals surface area contributed by atoms with Crippen LogP contribution >= 0.6 is 0 Å². The molecule has 0 bridgehead atoms. The lowest BCUT2D eigenvalue weighted by Gasteiger charge is -2.29. The third kappa shape index (κ3) is 3.14. The van der Waals surface area contributed by atoms with Crippen LogP contribution in [0, 0.1) is 0 Å². The van der Waals surface area contributed by atoms with Gasteiger partial charge in [0.15, 0.2) is 6.29 Å². The second kappa shape index (κ2) is 6.09. The van der Waals surface area contributed by atoms with Gasteiger partial charge in [-0.15, -0.1) is 0 Å². The van der Waals surface area contributed by atoms with Crippen LogP contribution in [0.1, 0.15) is 5.56 Å². The van der Waals surface area contributed by atoms with Crippen LogP contribution in [0.5, 0.6) is 5.75 Å². The zero-order valence-corrected chi connectivity index (χ0v) is 11.8. The van der Waals surface area contributed by atoms with Crippen LogP contribution in [0.3, 0.4) is 0 Å². The maximum absolute atomic E-state index is 11.0. The number of nitrogens with one attached hydrogen (secondary N) is 1. The molecule has 3 rings (SSSR count). The maximum Gasteiger partial charge on any atom is 0.407 e. The Balaban J connectivity index is 1.55. The summed E-state index contributed by atoms with van der Waals surface area (Å²) in [5.41, 5.74) is 0.855. The molecule has 1 aromatic rings. The zero-order valence-electron chi connectivity index (χ0n) is 11.8. The largest absolute Gasteiger partial charge is 0.462 e. The van der Waals surface area contributed by atoms with Gasteiger partial charge in [-0.25, -0.2) is 4.79 Å². The van der Waals surface area contributed by atoms with Gasteiger partial charge in [-0.3, -0.25) is 0 Å². The third-order valence-corrected chi connectivity index (χ3v) is 3.51. The molecule has 1 amide bonds. The highest BCUT2D eigenvalue weighted by atomic mass is 16.8. The number of aliphatic hydroxyl groups excluding tert-OH is 2. The van der Waals surface area contributed by atoms with Crippen LogP contribution in [0.15, 0.2) is 24.3 Å². The Kier molecular flexibility index (Phi) is 4.16. The zero-order chi connectivity index (χ0) is 15.7.